The molecule has 0 bridgehead atoms. The van der Waals surface area contributed by atoms with Gasteiger partial charge in [-0.3, -0.25) is 4.79 Å². The summed E-state index contributed by atoms with van der Waals surface area (Å²) in [4.78, 5) is 12.0. The fourth-order valence-electron chi connectivity index (χ4n) is 2.09. The van der Waals surface area contributed by atoms with Crippen molar-refractivity contribution in [1.29, 1.82) is 0 Å². The smallest absolute Gasteiger partial charge is 0.330 e. The second-order valence-corrected chi connectivity index (χ2v) is 4.24. The Morgan fingerprint density at radius 3 is 2.61 bits per heavy atom. The first-order valence-electron chi connectivity index (χ1n) is 5.52. The van der Waals surface area contributed by atoms with E-state index in [0.717, 1.165) is 16.0 Å². The number of nitrogens with zero attached hydrogens (tertiary/aromatic N) is 1. The van der Waals surface area contributed by atoms with E-state index in [-0.39, 0.29) is 13.1 Å². The maximum Gasteiger partial charge on any atom is 0.471 e. The molecule has 0 saturated carbocycles. The zero-order valence-electron chi connectivity index (χ0n) is 9.63. The highest BCUT2D eigenvalue weighted by molar-refractivity contribution is 5.84. The quantitative estimate of drug-likeness (QED) is 0.698. The lowest BCUT2D eigenvalue weighted by Crippen LogP contribution is -2.42. The minimum Gasteiger partial charge on any atom is -0.330 e. The minimum atomic E-state index is -4.82. The van der Waals surface area contributed by atoms with Crippen LogP contribution in [0, 0.1) is 0 Å². The number of alkyl halides is 3. The summed E-state index contributed by atoms with van der Waals surface area (Å²) in [6.45, 7) is 3.76. The van der Waals surface area contributed by atoms with Crippen molar-refractivity contribution in [2.75, 3.05) is 13.1 Å². The van der Waals surface area contributed by atoms with E-state index in [4.69, 9.17) is 0 Å². The highest BCUT2D eigenvalue weighted by Crippen LogP contribution is 2.26. The molecule has 1 aromatic rings. The minimum absolute atomic E-state index is 0.0639. The van der Waals surface area contributed by atoms with Crippen LogP contribution >= 0.6 is 0 Å². The van der Waals surface area contributed by atoms with Crippen molar-refractivity contribution in [2.24, 2.45) is 0 Å². The van der Waals surface area contributed by atoms with Gasteiger partial charge in [0, 0.05) is 13.1 Å². The van der Waals surface area contributed by atoms with Crippen molar-refractivity contribution in [3.63, 3.8) is 0 Å². The number of benzene rings is 1. The lowest BCUT2D eigenvalue weighted by atomic mass is 10.0. The molecular weight excluding hydrogens is 243 g/mol. The van der Waals surface area contributed by atoms with Crippen LogP contribution in [0.15, 0.2) is 30.8 Å². The third-order valence-electron chi connectivity index (χ3n) is 2.96. The normalized spacial score (nSPS) is 16.2. The maximum absolute atomic E-state index is 12.4. The van der Waals surface area contributed by atoms with Gasteiger partial charge >= 0.3 is 12.1 Å². The van der Waals surface area contributed by atoms with Crippen LogP contribution in [0.25, 0.3) is 5.57 Å². The number of hydrogen-bond donors (Lipinski definition) is 0. The molecule has 0 atom stereocenters. The van der Waals surface area contributed by atoms with Gasteiger partial charge in [-0.2, -0.15) is 13.2 Å². The van der Waals surface area contributed by atoms with Crippen molar-refractivity contribution in [3.8, 4) is 0 Å². The average molecular weight is 255 g/mol. The van der Waals surface area contributed by atoms with E-state index in [1.165, 1.54) is 0 Å². The third kappa shape index (κ3) is 2.39. The van der Waals surface area contributed by atoms with E-state index in [0.29, 0.717) is 12.0 Å². The van der Waals surface area contributed by atoms with E-state index in [2.05, 4.69) is 6.58 Å². The Morgan fingerprint density at radius 1 is 1.28 bits per heavy atom. The largest absolute Gasteiger partial charge is 0.471 e. The molecule has 2 rings (SSSR count). The molecule has 18 heavy (non-hydrogen) atoms. The Hall–Kier alpha value is -1.78. The lowest BCUT2D eigenvalue weighted by Gasteiger charge is -2.21. The van der Waals surface area contributed by atoms with Gasteiger partial charge in [0.2, 0.25) is 0 Å². The van der Waals surface area contributed by atoms with Crippen molar-refractivity contribution in [3.05, 3.63) is 42.0 Å². The molecule has 1 amide bonds. The molecule has 1 aliphatic heterocycles. The number of fused-ring (bicyclic) bond motifs is 1. The van der Waals surface area contributed by atoms with E-state index >= 15 is 0 Å². The molecule has 96 valence electrons. The monoisotopic (exact) mass is 255 g/mol. The zero-order chi connectivity index (χ0) is 13.3. The third-order valence-corrected chi connectivity index (χ3v) is 2.96. The number of rotatable bonds is 0. The maximum atomic E-state index is 12.4. The van der Waals surface area contributed by atoms with Gasteiger partial charge in [-0.15, -0.1) is 0 Å². The lowest BCUT2D eigenvalue weighted by molar-refractivity contribution is -0.184. The van der Waals surface area contributed by atoms with Crippen LogP contribution < -0.4 is 0 Å². The molecule has 1 heterocycles. The van der Waals surface area contributed by atoms with E-state index in [1.54, 1.807) is 0 Å². The predicted octanol–water partition coefficient (Wildman–Crippen LogP) is 2.65. The predicted molar refractivity (Wildman–Crippen MR) is 61.8 cm³/mol. The molecule has 1 aliphatic rings. The second kappa shape index (κ2) is 4.48. The number of amides is 1. The molecule has 1 aromatic carbocycles. The molecule has 0 radical (unpaired) electrons. The standard InChI is InChI=1S/C13H12F3NO/c1-9-8-17(12(18)13(14,15)16)7-6-10-4-2-3-5-11(9)10/h2-5H,1,6-8H2. The molecule has 5 heteroatoms. The SMILES string of the molecule is C=C1CN(C(=O)C(F)(F)F)CCc2ccccc21. The number of carbonyl (C=O) groups is 1. The molecule has 0 fully saturated rings. The number of hydrogen-bond acceptors (Lipinski definition) is 1. The van der Waals surface area contributed by atoms with Crippen LogP contribution in [0.2, 0.25) is 0 Å². The summed E-state index contributed by atoms with van der Waals surface area (Å²) in [5.74, 6) is -1.79. The molecule has 0 aromatic heterocycles. The summed E-state index contributed by atoms with van der Waals surface area (Å²) >= 11 is 0. The molecule has 2 nitrogen and oxygen atoms in total. The molecule has 0 spiro atoms. The van der Waals surface area contributed by atoms with Crippen molar-refractivity contribution in [2.45, 2.75) is 12.6 Å². The Balaban J connectivity index is 2.25. The van der Waals surface area contributed by atoms with Gasteiger partial charge in [-0.1, -0.05) is 30.8 Å². The van der Waals surface area contributed by atoms with Gasteiger partial charge in [-0.25, -0.2) is 0 Å². The summed E-state index contributed by atoms with van der Waals surface area (Å²) in [5.41, 5.74) is 2.32. The molecular formula is C13H12F3NO. The summed E-state index contributed by atoms with van der Waals surface area (Å²) in [6.07, 6.45) is -4.41. The second-order valence-electron chi connectivity index (χ2n) is 4.24. The van der Waals surface area contributed by atoms with E-state index in [9.17, 15) is 18.0 Å². The first-order valence-corrected chi connectivity index (χ1v) is 5.52. The topological polar surface area (TPSA) is 20.3 Å². The van der Waals surface area contributed by atoms with Crippen LogP contribution in [0.1, 0.15) is 11.1 Å². The Kier molecular flexibility index (Phi) is 3.15. The van der Waals surface area contributed by atoms with E-state index in [1.807, 2.05) is 24.3 Å². The van der Waals surface area contributed by atoms with Crippen LogP contribution in [0.5, 0.6) is 0 Å². The summed E-state index contributed by atoms with van der Waals surface area (Å²) in [6, 6.07) is 7.31. The van der Waals surface area contributed by atoms with Crippen molar-refractivity contribution >= 4 is 11.5 Å². The molecule has 0 saturated heterocycles. The van der Waals surface area contributed by atoms with Crippen LogP contribution in [0.4, 0.5) is 13.2 Å². The Morgan fingerprint density at radius 2 is 1.94 bits per heavy atom. The van der Waals surface area contributed by atoms with Gasteiger partial charge in [0.25, 0.3) is 0 Å². The van der Waals surface area contributed by atoms with Crippen LogP contribution in [-0.2, 0) is 11.2 Å². The summed E-state index contributed by atoms with van der Waals surface area (Å²) < 4.78 is 37.2. The van der Waals surface area contributed by atoms with Gasteiger partial charge in [0.05, 0.1) is 0 Å². The molecule has 0 aliphatic carbocycles. The van der Waals surface area contributed by atoms with Gasteiger partial charge in [0.15, 0.2) is 0 Å². The van der Waals surface area contributed by atoms with Crippen LogP contribution in [-0.4, -0.2) is 30.1 Å². The highest BCUT2D eigenvalue weighted by Gasteiger charge is 2.42. The summed E-state index contributed by atoms with van der Waals surface area (Å²) in [7, 11) is 0. The van der Waals surface area contributed by atoms with Crippen LogP contribution in [0.3, 0.4) is 0 Å². The average Bonchev–Trinajstić information content (AvgIpc) is 2.47. The molecule has 0 unspecified atom stereocenters. The van der Waals surface area contributed by atoms with E-state index < -0.39 is 12.1 Å². The van der Waals surface area contributed by atoms with Gasteiger partial charge in [-0.05, 0) is 23.1 Å². The Labute approximate surface area is 103 Å². The molecule has 0 N–H and O–H groups in total. The van der Waals surface area contributed by atoms with Crippen molar-refractivity contribution in [1.82, 2.24) is 4.90 Å². The van der Waals surface area contributed by atoms with Gasteiger partial charge < -0.3 is 4.90 Å². The first-order chi connectivity index (χ1) is 8.39. The first kappa shape index (κ1) is 12.7. The summed E-state index contributed by atoms with van der Waals surface area (Å²) in [5, 5.41) is 0. The number of halogens is 3. The van der Waals surface area contributed by atoms with Crippen molar-refractivity contribution < 1.29 is 18.0 Å². The fraction of sp³-hybridized carbons (Fsp3) is 0.308. The number of carbonyl (C=O) groups excluding carboxylic acids is 1. The zero-order valence-corrected chi connectivity index (χ0v) is 9.63. The van der Waals surface area contributed by atoms with Gasteiger partial charge in [0.1, 0.15) is 0 Å². The Bertz CT molecular complexity index is 493. The highest BCUT2D eigenvalue weighted by atomic mass is 19.4. The fourth-order valence-corrected chi connectivity index (χ4v) is 2.09.